The predicted molar refractivity (Wildman–Crippen MR) is 89.8 cm³/mol. The number of carbonyl (C=O) groups excluding carboxylic acids is 1. The monoisotopic (exact) mass is 323 g/mol. The van der Waals surface area contributed by atoms with Gasteiger partial charge in [-0.05, 0) is 34.9 Å². The van der Waals surface area contributed by atoms with Gasteiger partial charge in [0.05, 0.1) is 13.5 Å². The summed E-state index contributed by atoms with van der Waals surface area (Å²) in [6, 6.07) is 15.1. The van der Waals surface area contributed by atoms with Crippen LogP contribution in [0.4, 0.5) is 5.82 Å². The standard InChI is InChI=1S/C18H17N3O3/c1-12-3-7-14(8-4-12)17-18(21-24-20-17)19-16(22)11-13-5-9-15(23-2)10-6-13/h3-10H,11H2,1-2H3,(H,19,21,22). The number of amides is 1. The van der Waals surface area contributed by atoms with Gasteiger partial charge in [-0.1, -0.05) is 42.0 Å². The zero-order chi connectivity index (χ0) is 16.9. The van der Waals surface area contributed by atoms with Gasteiger partial charge in [-0.2, -0.15) is 0 Å². The van der Waals surface area contributed by atoms with E-state index < -0.39 is 0 Å². The predicted octanol–water partition coefficient (Wildman–Crippen LogP) is 3.23. The Morgan fingerprint density at radius 3 is 2.46 bits per heavy atom. The first-order valence-corrected chi connectivity index (χ1v) is 7.48. The van der Waals surface area contributed by atoms with Crippen LogP contribution in [-0.2, 0) is 11.2 Å². The highest BCUT2D eigenvalue weighted by molar-refractivity contribution is 5.94. The van der Waals surface area contributed by atoms with Gasteiger partial charge in [-0.3, -0.25) is 4.79 Å². The van der Waals surface area contributed by atoms with Gasteiger partial charge >= 0.3 is 0 Å². The van der Waals surface area contributed by atoms with Crippen molar-refractivity contribution in [2.75, 3.05) is 12.4 Å². The minimum atomic E-state index is -0.191. The molecule has 24 heavy (non-hydrogen) atoms. The SMILES string of the molecule is COc1ccc(CC(=O)Nc2nonc2-c2ccc(C)cc2)cc1. The number of ether oxygens (including phenoxy) is 1. The molecule has 0 atom stereocenters. The lowest BCUT2D eigenvalue weighted by molar-refractivity contribution is -0.115. The molecule has 0 unspecified atom stereocenters. The number of nitrogens with zero attached hydrogens (tertiary/aromatic N) is 2. The normalized spacial score (nSPS) is 10.4. The van der Waals surface area contributed by atoms with Crippen LogP contribution in [-0.4, -0.2) is 23.3 Å². The molecule has 1 heterocycles. The van der Waals surface area contributed by atoms with Crippen LogP contribution in [0.2, 0.25) is 0 Å². The molecule has 2 aromatic carbocycles. The Morgan fingerprint density at radius 1 is 1.08 bits per heavy atom. The molecule has 0 aliphatic rings. The molecule has 6 nitrogen and oxygen atoms in total. The summed E-state index contributed by atoms with van der Waals surface area (Å²) < 4.78 is 9.88. The Kier molecular flexibility index (Phi) is 4.56. The van der Waals surface area contributed by atoms with Crippen molar-refractivity contribution in [2.45, 2.75) is 13.3 Å². The van der Waals surface area contributed by atoms with Gasteiger partial charge < -0.3 is 10.1 Å². The number of carbonyl (C=O) groups is 1. The zero-order valence-corrected chi connectivity index (χ0v) is 13.4. The van der Waals surface area contributed by atoms with Crippen LogP contribution in [0.3, 0.4) is 0 Å². The number of hydrogen-bond donors (Lipinski definition) is 1. The van der Waals surface area contributed by atoms with Gasteiger partial charge in [0, 0.05) is 5.56 Å². The fourth-order valence-electron chi connectivity index (χ4n) is 2.28. The fourth-order valence-corrected chi connectivity index (χ4v) is 2.28. The number of rotatable bonds is 5. The van der Waals surface area contributed by atoms with Gasteiger partial charge in [-0.25, -0.2) is 4.63 Å². The van der Waals surface area contributed by atoms with Crippen molar-refractivity contribution in [1.29, 1.82) is 0 Å². The molecule has 6 heteroatoms. The number of methoxy groups -OCH3 is 1. The van der Waals surface area contributed by atoms with Gasteiger partial charge in [0.2, 0.25) is 11.7 Å². The molecule has 0 bridgehead atoms. The molecule has 3 rings (SSSR count). The first-order valence-electron chi connectivity index (χ1n) is 7.48. The molecule has 0 fully saturated rings. The topological polar surface area (TPSA) is 77.2 Å². The molecule has 0 spiro atoms. The summed E-state index contributed by atoms with van der Waals surface area (Å²) in [6.07, 6.45) is 0.226. The summed E-state index contributed by atoms with van der Waals surface area (Å²) in [5.41, 5.74) is 3.36. The lowest BCUT2D eigenvalue weighted by Gasteiger charge is -2.05. The maximum Gasteiger partial charge on any atom is 0.230 e. The molecule has 1 aromatic heterocycles. The first kappa shape index (κ1) is 15.7. The lowest BCUT2D eigenvalue weighted by Crippen LogP contribution is -2.15. The maximum absolute atomic E-state index is 12.2. The second-order valence-corrected chi connectivity index (χ2v) is 5.40. The highest BCUT2D eigenvalue weighted by atomic mass is 16.6. The van der Waals surface area contributed by atoms with Crippen molar-refractivity contribution in [1.82, 2.24) is 10.3 Å². The second kappa shape index (κ2) is 6.95. The molecule has 122 valence electrons. The Bertz CT molecular complexity index is 823. The second-order valence-electron chi connectivity index (χ2n) is 5.40. The number of benzene rings is 2. The molecule has 0 saturated heterocycles. The molecular weight excluding hydrogens is 306 g/mol. The minimum absolute atomic E-state index is 0.191. The van der Waals surface area contributed by atoms with E-state index >= 15 is 0 Å². The molecule has 0 saturated carbocycles. The summed E-state index contributed by atoms with van der Waals surface area (Å²) in [4.78, 5) is 12.2. The molecule has 1 amide bonds. The van der Waals surface area contributed by atoms with Gasteiger partial charge in [0.1, 0.15) is 5.75 Å². The van der Waals surface area contributed by atoms with E-state index in [2.05, 4.69) is 15.6 Å². The molecule has 3 aromatic rings. The zero-order valence-electron chi connectivity index (χ0n) is 13.4. The average Bonchev–Trinajstić information content (AvgIpc) is 3.04. The molecule has 0 radical (unpaired) electrons. The van der Waals surface area contributed by atoms with E-state index in [1.807, 2.05) is 55.5 Å². The Balaban J connectivity index is 1.70. The number of aryl methyl sites for hydroxylation is 1. The quantitative estimate of drug-likeness (QED) is 0.780. The van der Waals surface area contributed by atoms with Crippen molar-refractivity contribution < 1.29 is 14.2 Å². The van der Waals surface area contributed by atoms with E-state index in [0.717, 1.165) is 22.4 Å². The van der Waals surface area contributed by atoms with Crippen LogP contribution >= 0.6 is 0 Å². The number of anilines is 1. The molecule has 0 aliphatic carbocycles. The highest BCUT2D eigenvalue weighted by Crippen LogP contribution is 2.24. The van der Waals surface area contributed by atoms with Crippen LogP contribution in [0.5, 0.6) is 5.75 Å². The van der Waals surface area contributed by atoms with Crippen molar-refractivity contribution in [3.8, 4) is 17.0 Å². The third-order valence-corrected chi connectivity index (χ3v) is 3.60. The van der Waals surface area contributed by atoms with Gasteiger partial charge in [0.15, 0.2) is 5.69 Å². The van der Waals surface area contributed by atoms with Crippen LogP contribution in [0, 0.1) is 6.92 Å². The van der Waals surface area contributed by atoms with E-state index in [1.165, 1.54) is 0 Å². The fraction of sp³-hybridized carbons (Fsp3) is 0.167. The molecule has 0 aliphatic heterocycles. The number of nitrogens with one attached hydrogen (secondary N) is 1. The Hall–Kier alpha value is -3.15. The summed E-state index contributed by atoms with van der Waals surface area (Å²) in [7, 11) is 1.60. The van der Waals surface area contributed by atoms with Crippen molar-refractivity contribution in [3.63, 3.8) is 0 Å². The van der Waals surface area contributed by atoms with Gasteiger partial charge in [-0.15, -0.1) is 0 Å². The summed E-state index contributed by atoms with van der Waals surface area (Å²) in [5.74, 6) is 0.878. The van der Waals surface area contributed by atoms with Crippen LogP contribution in [0.1, 0.15) is 11.1 Å². The molecular formula is C18H17N3O3. The summed E-state index contributed by atoms with van der Waals surface area (Å²) in [5, 5.41) is 10.4. The third kappa shape index (κ3) is 3.60. The Morgan fingerprint density at radius 2 is 1.79 bits per heavy atom. The smallest absolute Gasteiger partial charge is 0.230 e. The molecule has 1 N–H and O–H groups in total. The average molecular weight is 323 g/mol. The van der Waals surface area contributed by atoms with E-state index in [-0.39, 0.29) is 12.3 Å². The van der Waals surface area contributed by atoms with E-state index in [0.29, 0.717) is 11.5 Å². The maximum atomic E-state index is 12.2. The van der Waals surface area contributed by atoms with Crippen LogP contribution in [0.15, 0.2) is 53.2 Å². The third-order valence-electron chi connectivity index (χ3n) is 3.60. The number of hydrogen-bond acceptors (Lipinski definition) is 5. The lowest BCUT2D eigenvalue weighted by atomic mass is 10.1. The summed E-state index contributed by atoms with van der Waals surface area (Å²) in [6.45, 7) is 2.00. The van der Waals surface area contributed by atoms with E-state index in [4.69, 9.17) is 9.37 Å². The van der Waals surface area contributed by atoms with E-state index in [9.17, 15) is 4.79 Å². The van der Waals surface area contributed by atoms with Crippen molar-refractivity contribution in [2.24, 2.45) is 0 Å². The van der Waals surface area contributed by atoms with Crippen LogP contribution < -0.4 is 10.1 Å². The van der Waals surface area contributed by atoms with Crippen molar-refractivity contribution in [3.05, 3.63) is 59.7 Å². The minimum Gasteiger partial charge on any atom is -0.497 e. The summed E-state index contributed by atoms with van der Waals surface area (Å²) >= 11 is 0. The van der Waals surface area contributed by atoms with Gasteiger partial charge in [0.25, 0.3) is 0 Å². The largest absolute Gasteiger partial charge is 0.497 e. The van der Waals surface area contributed by atoms with Crippen LogP contribution in [0.25, 0.3) is 11.3 Å². The highest BCUT2D eigenvalue weighted by Gasteiger charge is 2.15. The van der Waals surface area contributed by atoms with Crippen molar-refractivity contribution >= 4 is 11.7 Å². The van der Waals surface area contributed by atoms with E-state index in [1.54, 1.807) is 7.11 Å². The number of aromatic nitrogens is 2. The first-order chi connectivity index (χ1) is 11.7. The Labute approximate surface area is 139 Å².